The van der Waals surface area contributed by atoms with E-state index in [0.717, 1.165) is 0 Å². The Morgan fingerprint density at radius 1 is 1.32 bits per heavy atom. The summed E-state index contributed by atoms with van der Waals surface area (Å²) in [6, 6.07) is 5.70. The minimum absolute atomic E-state index is 0.0412. The highest BCUT2D eigenvalue weighted by atomic mass is 32.2. The molecular formula is C13H21FN2O2S. The van der Waals surface area contributed by atoms with Gasteiger partial charge in [-0.15, -0.1) is 0 Å². The van der Waals surface area contributed by atoms with Crippen LogP contribution >= 0.6 is 0 Å². The first-order chi connectivity index (χ1) is 8.90. The Kier molecular flexibility index (Phi) is 5.90. The number of nitrogens with two attached hydrogens (primary N) is 1. The molecule has 4 nitrogen and oxygen atoms in total. The zero-order valence-corrected chi connectivity index (χ0v) is 12.2. The highest BCUT2D eigenvalue weighted by Crippen LogP contribution is 2.24. The molecule has 0 spiro atoms. The normalized spacial score (nSPS) is 13.7. The van der Waals surface area contributed by atoms with Crippen molar-refractivity contribution in [3.8, 4) is 0 Å². The van der Waals surface area contributed by atoms with E-state index >= 15 is 0 Å². The van der Waals surface area contributed by atoms with Crippen LogP contribution in [-0.2, 0) is 10.0 Å². The lowest BCUT2D eigenvalue weighted by Gasteiger charge is -2.25. The van der Waals surface area contributed by atoms with Crippen LogP contribution in [0.3, 0.4) is 0 Å². The largest absolute Gasteiger partial charge is 0.330 e. The number of hydrogen-bond acceptors (Lipinski definition) is 3. The molecule has 1 aromatic carbocycles. The maximum atomic E-state index is 13.7. The van der Waals surface area contributed by atoms with Gasteiger partial charge in [-0.3, -0.25) is 0 Å². The topological polar surface area (TPSA) is 63.4 Å². The Morgan fingerprint density at radius 2 is 1.95 bits per heavy atom. The second-order valence-corrected chi connectivity index (χ2v) is 6.67. The van der Waals surface area contributed by atoms with Crippen molar-refractivity contribution in [2.24, 2.45) is 5.73 Å². The van der Waals surface area contributed by atoms with Crippen LogP contribution < -0.4 is 5.73 Å². The van der Waals surface area contributed by atoms with Crippen molar-refractivity contribution in [3.63, 3.8) is 0 Å². The first kappa shape index (κ1) is 16.1. The van der Waals surface area contributed by atoms with Gasteiger partial charge in [-0.1, -0.05) is 18.2 Å². The molecule has 0 amide bonds. The average molecular weight is 288 g/mol. The number of nitrogens with zero attached hydrogens (tertiary/aromatic N) is 1. The Labute approximate surface area is 114 Å². The van der Waals surface area contributed by atoms with Crippen LogP contribution in [0.15, 0.2) is 24.3 Å². The van der Waals surface area contributed by atoms with Gasteiger partial charge in [0.15, 0.2) is 0 Å². The number of rotatable bonds is 7. The van der Waals surface area contributed by atoms with E-state index in [1.54, 1.807) is 25.1 Å². The van der Waals surface area contributed by atoms with Crippen LogP contribution in [0.5, 0.6) is 0 Å². The summed E-state index contributed by atoms with van der Waals surface area (Å²) in [5.41, 5.74) is 5.73. The van der Waals surface area contributed by atoms with Gasteiger partial charge in [0.2, 0.25) is 10.0 Å². The molecule has 0 heterocycles. The van der Waals surface area contributed by atoms with Gasteiger partial charge in [-0.2, -0.15) is 4.31 Å². The lowest BCUT2D eigenvalue weighted by atomic mass is 10.1. The van der Waals surface area contributed by atoms with Gasteiger partial charge in [0.05, 0.1) is 5.75 Å². The summed E-state index contributed by atoms with van der Waals surface area (Å²) >= 11 is 0. The summed E-state index contributed by atoms with van der Waals surface area (Å²) in [7, 11) is -1.90. The van der Waals surface area contributed by atoms with Crippen molar-refractivity contribution < 1.29 is 12.8 Å². The Bertz CT molecular complexity index is 505. The fourth-order valence-corrected chi connectivity index (χ4v) is 3.28. The van der Waals surface area contributed by atoms with E-state index in [4.69, 9.17) is 5.73 Å². The van der Waals surface area contributed by atoms with Crippen LogP contribution in [0.4, 0.5) is 4.39 Å². The van der Waals surface area contributed by atoms with E-state index < -0.39 is 16.1 Å². The third kappa shape index (κ3) is 4.26. The zero-order chi connectivity index (χ0) is 14.5. The first-order valence-electron chi connectivity index (χ1n) is 6.30. The summed E-state index contributed by atoms with van der Waals surface area (Å²) < 4.78 is 39.1. The summed E-state index contributed by atoms with van der Waals surface area (Å²) in [6.45, 7) is 2.15. The van der Waals surface area contributed by atoms with Crippen LogP contribution in [-0.4, -0.2) is 32.1 Å². The van der Waals surface area contributed by atoms with Gasteiger partial charge in [-0.25, -0.2) is 12.8 Å². The summed E-state index contributed by atoms with van der Waals surface area (Å²) in [6.07, 6.45) is 1.19. The smallest absolute Gasteiger partial charge is 0.214 e. The van der Waals surface area contributed by atoms with Gasteiger partial charge in [0.1, 0.15) is 5.82 Å². The van der Waals surface area contributed by atoms with Gasteiger partial charge in [0.25, 0.3) is 0 Å². The molecule has 0 fully saturated rings. The van der Waals surface area contributed by atoms with Crippen molar-refractivity contribution in [2.45, 2.75) is 25.8 Å². The Morgan fingerprint density at radius 3 is 2.53 bits per heavy atom. The molecule has 0 saturated carbocycles. The number of halogens is 1. The third-order valence-corrected chi connectivity index (χ3v) is 5.19. The van der Waals surface area contributed by atoms with E-state index in [1.807, 2.05) is 0 Å². The molecule has 0 saturated heterocycles. The van der Waals surface area contributed by atoms with Crippen molar-refractivity contribution in [3.05, 3.63) is 35.6 Å². The van der Waals surface area contributed by atoms with Crippen molar-refractivity contribution in [2.75, 3.05) is 19.3 Å². The lowest BCUT2D eigenvalue weighted by Crippen LogP contribution is -2.32. The number of sulfonamides is 1. The van der Waals surface area contributed by atoms with Crippen LogP contribution in [0, 0.1) is 5.82 Å². The Balaban J connectivity index is 2.82. The van der Waals surface area contributed by atoms with Crippen molar-refractivity contribution in [1.82, 2.24) is 4.31 Å². The van der Waals surface area contributed by atoms with E-state index in [-0.39, 0.29) is 11.6 Å². The molecule has 1 rings (SSSR count). The third-order valence-electron chi connectivity index (χ3n) is 3.20. The molecule has 0 aliphatic rings. The van der Waals surface area contributed by atoms with Gasteiger partial charge >= 0.3 is 0 Å². The fourth-order valence-electron chi connectivity index (χ4n) is 1.82. The van der Waals surface area contributed by atoms with E-state index in [9.17, 15) is 12.8 Å². The SMILES string of the molecule is CC(c1ccccc1F)N(C)S(=O)(=O)CCCCN. The van der Waals surface area contributed by atoms with Crippen molar-refractivity contribution >= 4 is 10.0 Å². The number of unbranched alkanes of at least 4 members (excludes halogenated alkanes) is 1. The second-order valence-electron chi connectivity index (χ2n) is 4.53. The van der Waals surface area contributed by atoms with E-state index in [2.05, 4.69) is 0 Å². The molecule has 0 aromatic heterocycles. The number of benzene rings is 1. The molecule has 1 unspecified atom stereocenters. The predicted octanol–water partition coefficient (Wildman–Crippen LogP) is 1.89. The molecular weight excluding hydrogens is 267 g/mol. The predicted molar refractivity (Wildman–Crippen MR) is 74.7 cm³/mol. The zero-order valence-electron chi connectivity index (χ0n) is 11.3. The maximum absolute atomic E-state index is 13.7. The summed E-state index contributed by atoms with van der Waals surface area (Å²) in [5.74, 6) is -0.349. The maximum Gasteiger partial charge on any atom is 0.214 e. The molecule has 1 aromatic rings. The highest BCUT2D eigenvalue weighted by Gasteiger charge is 2.25. The van der Waals surface area contributed by atoms with Gasteiger partial charge < -0.3 is 5.73 Å². The lowest BCUT2D eigenvalue weighted by molar-refractivity contribution is 0.387. The first-order valence-corrected chi connectivity index (χ1v) is 7.91. The minimum Gasteiger partial charge on any atom is -0.330 e. The quantitative estimate of drug-likeness (QED) is 0.779. The standard InChI is InChI=1S/C13H21FN2O2S/c1-11(12-7-3-4-8-13(12)14)16(2)19(17,18)10-6-5-9-15/h3-4,7-8,11H,5-6,9-10,15H2,1-2H3. The monoisotopic (exact) mass is 288 g/mol. The van der Waals surface area contributed by atoms with Crippen LogP contribution in [0.2, 0.25) is 0 Å². The molecule has 0 aliphatic heterocycles. The summed E-state index contributed by atoms with van der Waals surface area (Å²) in [5, 5.41) is 0. The molecule has 0 bridgehead atoms. The second kappa shape index (κ2) is 6.98. The molecule has 1 atom stereocenters. The average Bonchev–Trinajstić information content (AvgIpc) is 2.38. The Hall–Kier alpha value is -0.980. The van der Waals surface area contributed by atoms with Crippen LogP contribution in [0.1, 0.15) is 31.4 Å². The highest BCUT2D eigenvalue weighted by molar-refractivity contribution is 7.89. The minimum atomic E-state index is -3.39. The van der Waals surface area contributed by atoms with Gasteiger partial charge in [-0.05, 0) is 32.4 Å². The van der Waals surface area contributed by atoms with E-state index in [0.29, 0.717) is 24.9 Å². The molecule has 108 valence electrons. The van der Waals surface area contributed by atoms with Crippen LogP contribution in [0.25, 0.3) is 0 Å². The molecule has 6 heteroatoms. The molecule has 19 heavy (non-hydrogen) atoms. The number of hydrogen-bond donors (Lipinski definition) is 1. The summed E-state index contributed by atoms with van der Waals surface area (Å²) in [4.78, 5) is 0. The van der Waals surface area contributed by atoms with Crippen molar-refractivity contribution in [1.29, 1.82) is 0 Å². The fraction of sp³-hybridized carbons (Fsp3) is 0.538. The van der Waals surface area contributed by atoms with Gasteiger partial charge in [0, 0.05) is 18.7 Å². The van der Waals surface area contributed by atoms with E-state index in [1.165, 1.54) is 17.4 Å². The molecule has 0 radical (unpaired) electrons. The molecule has 2 N–H and O–H groups in total. The molecule has 0 aliphatic carbocycles.